The second-order valence-electron chi connectivity index (χ2n) is 4.17. The summed E-state index contributed by atoms with van der Waals surface area (Å²) >= 11 is 0. The van der Waals surface area contributed by atoms with Crippen LogP contribution in [0.5, 0.6) is 0 Å². The number of aromatic nitrogens is 1. The Morgan fingerprint density at radius 3 is 2.56 bits per heavy atom. The van der Waals surface area contributed by atoms with E-state index in [4.69, 9.17) is 5.73 Å². The summed E-state index contributed by atoms with van der Waals surface area (Å²) in [5, 5.41) is 0. The van der Waals surface area contributed by atoms with Gasteiger partial charge in [-0.3, -0.25) is 9.59 Å². The molecule has 0 aliphatic carbocycles. The van der Waals surface area contributed by atoms with Gasteiger partial charge in [-0.1, -0.05) is 6.07 Å². The Bertz CT molecular complexity index is 475. The molecule has 6 nitrogen and oxygen atoms in total. The van der Waals surface area contributed by atoms with Crippen LogP contribution in [0.2, 0.25) is 0 Å². The summed E-state index contributed by atoms with van der Waals surface area (Å²) in [5.41, 5.74) is 6.27. The van der Waals surface area contributed by atoms with Crippen molar-refractivity contribution >= 4 is 17.6 Å². The lowest BCUT2D eigenvalue weighted by molar-refractivity contribution is -0.156. The Hall–Kier alpha value is -2.11. The number of piperazine rings is 1. The van der Waals surface area contributed by atoms with Crippen molar-refractivity contribution < 1.29 is 9.59 Å². The first-order chi connectivity index (χ1) is 8.61. The normalized spacial score (nSPS) is 16.3. The van der Waals surface area contributed by atoms with Gasteiger partial charge < -0.3 is 15.5 Å². The number of nitrogen functional groups attached to an aromatic ring is 1. The number of nitrogens with two attached hydrogens (primary N) is 1. The van der Waals surface area contributed by atoms with Gasteiger partial charge in [-0.2, -0.15) is 0 Å². The number of amides is 2. The van der Waals surface area contributed by atoms with E-state index < -0.39 is 11.8 Å². The number of pyridine rings is 1. The zero-order valence-electron chi connectivity index (χ0n) is 10.3. The summed E-state index contributed by atoms with van der Waals surface area (Å²) < 4.78 is 0. The number of hydrogen-bond acceptors (Lipinski definition) is 4. The molecule has 1 saturated heterocycles. The lowest BCUT2D eigenvalue weighted by Crippen LogP contribution is -2.53. The molecule has 0 saturated carbocycles. The highest BCUT2D eigenvalue weighted by Gasteiger charge is 2.31. The fourth-order valence-electron chi connectivity index (χ4n) is 1.95. The molecule has 1 aromatic heterocycles. The maximum atomic E-state index is 11.9. The molecule has 2 heterocycles. The predicted octanol–water partition coefficient (Wildman–Crippen LogP) is -0.146. The van der Waals surface area contributed by atoms with Crippen molar-refractivity contribution in [3.8, 4) is 0 Å². The van der Waals surface area contributed by atoms with Crippen LogP contribution in [-0.4, -0.2) is 46.2 Å². The van der Waals surface area contributed by atoms with Crippen LogP contribution in [0, 0.1) is 0 Å². The molecular formula is C12H16N4O2. The summed E-state index contributed by atoms with van der Waals surface area (Å²) in [7, 11) is 0. The van der Waals surface area contributed by atoms with E-state index in [0.29, 0.717) is 37.7 Å². The van der Waals surface area contributed by atoms with Gasteiger partial charge >= 0.3 is 11.8 Å². The van der Waals surface area contributed by atoms with Crippen molar-refractivity contribution in [3.05, 3.63) is 23.9 Å². The van der Waals surface area contributed by atoms with Gasteiger partial charge in [-0.25, -0.2) is 4.98 Å². The van der Waals surface area contributed by atoms with E-state index in [2.05, 4.69) is 4.98 Å². The van der Waals surface area contributed by atoms with Crippen LogP contribution in [0.25, 0.3) is 0 Å². The topological polar surface area (TPSA) is 79.5 Å². The molecule has 1 aliphatic heterocycles. The molecule has 0 bridgehead atoms. The van der Waals surface area contributed by atoms with E-state index in [9.17, 15) is 9.59 Å². The molecule has 0 radical (unpaired) electrons. The third-order valence-electron chi connectivity index (χ3n) is 2.96. The van der Waals surface area contributed by atoms with E-state index >= 15 is 0 Å². The van der Waals surface area contributed by atoms with Crippen LogP contribution in [0.15, 0.2) is 18.2 Å². The predicted molar refractivity (Wildman–Crippen MR) is 66.3 cm³/mol. The fraction of sp³-hybridized carbons (Fsp3) is 0.417. The molecule has 1 aromatic rings. The number of hydrogen-bond donors (Lipinski definition) is 1. The number of anilines is 1. The van der Waals surface area contributed by atoms with Gasteiger partial charge in [0, 0.05) is 19.6 Å². The van der Waals surface area contributed by atoms with Crippen molar-refractivity contribution in [2.75, 3.05) is 25.4 Å². The quantitative estimate of drug-likeness (QED) is 0.755. The molecule has 0 unspecified atom stereocenters. The van der Waals surface area contributed by atoms with Gasteiger partial charge in [-0.05, 0) is 19.1 Å². The molecule has 2 amide bonds. The van der Waals surface area contributed by atoms with Crippen LogP contribution < -0.4 is 5.73 Å². The minimum atomic E-state index is -0.465. The van der Waals surface area contributed by atoms with Crippen molar-refractivity contribution in [2.24, 2.45) is 0 Å². The Balaban J connectivity index is 2.07. The monoisotopic (exact) mass is 248 g/mol. The van der Waals surface area contributed by atoms with Crippen molar-refractivity contribution in [1.82, 2.24) is 14.8 Å². The zero-order chi connectivity index (χ0) is 13.1. The molecule has 1 fully saturated rings. The maximum absolute atomic E-state index is 11.9. The van der Waals surface area contributed by atoms with Crippen LogP contribution >= 0.6 is 0 Å². The SMILES string of the molecule is CCN1CCN(Cc2cccc(N)n2)C(=O)C1=O. The Kier molecular flexibility index (Phi) is 3.45. The Morgan fingerprint density at radius 2 is 1.89 bits per heavy atom. The minimum Gasteiger partial charge on any atom is -0.384 e. The van der Waals surface area contributed by atoms with Gasteiger partial charge in [-0.15, -0.1) is 0 Å². The molecule has 0 aromatic carbocycles. The molecule has 2 N–H and O–H groups in total. The van der Waals surface area contributed by atoms with Gasteiger partial charge in [0.05, 0.1) is 12.2 Å². The van der Waals surface area contributed by atoms with Crippen LogP contribution in [0.1, 0.15) is 12.6 Å². The number of carbonyl (C=O) groups excluding carboxylic acids is 2. The van der Waals surface area contributed by atoms with E-state index in [0.717, 1.165) is 0 Å². The molecule has 0 spiro atoms. The van der Waals surface area contributed by atoms with Crippen LogP contribution in [-0.2, 0) is 16.1 Å². The van der Waals surface area contributed by atoms with Gasteiger partial charge in [0.25, 0.3) is 0 Å². The smallest absolute Gasteiger partial charge is 0.312 e. The van der Waals surface area contributed by atoms with Crippen molar-refractivity contribution in [3.63, 3.8) is 0 Å². The first-order valence-corrected chi connectivity index (χ1v) is 5.91. The van der Waals surface area contributed by atoms with E-state index in [1.807, 2.05) is 6.92 Å². The summed E-state index contributed by atoms with van der Waals surface area (Å²) in [6, 6.07) is 5.26. The first kappa shape index (κ1) is 12.3. The Labute approximate surface area is 105 Å². The third-order valence-corrected chi connectivity index (χ3v) is 2.96. The summed E-state index contributed by atoms with van der Waals surface area (Å²) in [4.78, 5) is 30.8. The molecule has 1 aliphatic rings. The molecule has 96 valence electrons. The van der Waals surface area contributed by atoms with E-state index in [1.165, 1.54) is 4.90 Å². The van der Waals surface area contributed by atoms with Crippen LogP contribution in [0.4, 0.5) is 5.82 Å². The standard InChI is InChI=1S/C12H16N4O2/c1-2-15-6-7-16(12(18)11(15)17)8-9-4-3-5-10(13)14-9/h3-5H,2,6-8H2,1H3,(H2,13,14). The third kappa shape index (κ3) is 2.42. The highest BCUT2D eigenvalue weighted by molar-refractivity contribution is 6.35. The molecule has 2 rings (SSSR count). The lowest BCUT2D eigenvalue weighted by Gasteiger charge is -2.32. The number of likely N-dealkylation sites (N-methyl/N-ethyl adjacent to an activating group) is 1. The average Bonchev–Trinajstić information content (AvgIpc) is 2.35. The number of rotatable bonds is 3. The average molecular weight is 248 g/mol. The first-order valence-electron chi connectivity index (χ1n) is 5.91. The molecule has 6 heteroatoms. The van der Waals surface area contributed by atoms with E-state index in [-0.39, 0.29) is 0 Å². The lowest BCUT2D eigenvalue weighted by atomic mass is 10.2. The van der Waals surface area contributed by atoms with E-state index in [1.54, 1.807) is 23.1 Å². The number of carbonyl (C=O) groups is 2. The van der Waals surface area contributed by atoms with Gasteiger partial charge in [0.1, 0.15) is 5.82 Å². The molecular weight excluding hydrogens is 232 g/mol. The Morgan fingerprint density at radius 1 is 1.22 bits per heavy atom. The summed E-state index contributed by atoms with van der Waals surface area (Å²) in [5.74, 6) is -0.488. The highest BCUT2D eigenvalue weighted by atomic mass is 16.2. The fourth-order valence-corrected chi connectivity index (χ4v) is 1.95. The molecule has 18 heavy (non-hydrogen) atoms. The highest BCUT2D eigenvalue weighted by Crippen LogP contribution is 2.10. The largest absolute Gasteiger partial charge is 0.384 e. The second-order valence-corrected chi connectivity index (χ2v) is 4.17. The summed E-state index contributed by atoms with van der Waals surface area (Å²) in [6.45, 7) is 3.86. The maximum Gasteiger partial charge on any atom is 0.312 e. The van der Waals surface area contributed by atoms with Crippen molar-refractivity contribution in [2.45, 2.75) is 13.5 Å². The van der Waals surface area contributed by atoms with Crippen LogP contribution in [0.3, 0.4) is 0 Å². The summed E-state index contributed by atoms with van der Waals surface area (Å²) in [6.07, 6.45) is 0. The van der Waals surface area contributed by atoms with Gasteiger partial charge in [0.2, 0.25) is 0 Å². The molecule has 0 atom stereocenters. The van der Waals surface area contributed by atoms with Crippen molar-refractivity contribution in [1.29, 1.82) is 0 Å². The minimum absolute atomic E-state index is 0.327. The second kappa shape index (κ2) is 5.03. The number of nitrogens with zero attached hydrogens (tertiary/aromatic N) is 3. The van der Waals surface area contributed by atoms with Gasteiger partial charge in [0.15, 0.2) is 0 Å². The zero-order valence-corrected chi connectivity index (χ0v) is 10.3.